The minimum atomic E-state index is -3.99. The zero-order valence-electron chi connectivity index (χ0n) is 10.0. The van der Waals surface area contributed by atoms with Crippen LogP contribution in [-0.2, 0) is 10.0 Å². The van der Waals surface area contributed by atoms with Crippen LogP contribution in [0.5, 0.6) is 0 Å². The molecule has 0 aliphatic heterocycles. The molecule has 0 unspecified atom stereocenters. The fraction of sp³-hybridized carbons (Fsp3) is 0. The molecule has 108 valence electrons. The summed E-state index contributed by atoms with van der Waals surface area (Å²) in [7, 11) is -3.99. The van der Waals surface area contributed by atoms with E-state index in [9.17, 15) is 12.8 Å². The van der Waals surface area contributed by atoms with Gasteiger partial charge in [-0.15, -0.1) is 0 Å². The number of hydrogen-bond acceptors (Lipinski definition) is 5. The van der Waals surface area contributed by atoms with Crippen LogP contribution in [0.15, 0.2) is 35.5 Å². The van der Waals surface area contributed by atoms with E-state index in [0.29, 0.717) is 0 Å². The summed E-state index contributed by atoms with van der Waals surface area (Å²) in [5, 5.41) is -0.262. The molecule has 0 radical (unpaired) electrons. The Morgan fingerprint density at radius 1 is 1.10 bits per heavy atom. The molecule has 0 bridgehead atoms. The van der Waals surface area contributed by atoms with Crippen molar-refractivity contribution in [1.29, 1.82) is 0 Å². The van der Waals surface area contributed by atoms with Crippen LogP contribution in [0.4, 0.5) is 4.39 Å². The average molecular weight is 347 g/mol. The molecule has 0 amide bonds. The molecule has 0 N–H and O–H groups in total. The average Bonchev–Trinajstić information content (AvgIpc) is 2.83. The van der Waals surface area contributed by atoms with E-state index in [1.165, 1.54) is 0 Å². The van der Waals surface area contributed by atoms with Crippen LogP contribution >= 0.6 is 23.2 Å². The molecule has 3 aromatic rings. The lowest BCUT2D eigenvalue weighted by atomic mass is 10.4. The highest BCUT2D eigenvalue weighted by Gasteiger charge is 2.22. The third-order valence-electron chi connectivity index (χ3n) is 2.67. The molecule has 2 heterocycles. The number of nitrogens with zero attached hydrogens (tertiary/aromatic N) is 4. The van der Waals surface area contributed by atoms with Gasteiger partial charge in [0.25, 0.3) is 10.0 Å². The Labute approximate surface area is 128 Å². The fourth-order valence-electron chi connectivity index (χ4n) is 1.72. The number of imidazole rings is 1. The first-order chi connectivity index (χ1) is 9.89. The third-order valence-corrected chi connectivity index (χ3v) is 4.75. The molecular formula is C11H5Cl2FN4O2S. The Kier molecular flexibility index (Phi) is 3.31. The van der Waals surface area contributed by atoms with Gasteiger partial charge in [-0.2, -0.15) is 4.98 Å². The molecule has 3 rings (SSSR count). The molecule has 0 aliphatic carbocycles. The fourth-order valence-corrected chi connectivity index (χ4v) is 3.37. The number of rotatable bonds is 2. The summed E-state index contributed by atoms with van der Waals surface area (Å²) < 4.78 is 38.7. The molecule has 0 spiro atoms. The van der Waals surface area contributed by atoms with Gasteiger partial charge in [0.15, 0.2) is 10.8 Å². The maximum atomic E-state index is 12.9. The van der Waals surface area contributed by atoms with Crippen LogP contribution in [0.3, 0.4) is 0 Å². The van der Waals surface area contributed by atoms with Crippen LogP contribution in [-0.4, -0.2) is 27.3 Å². The first kappa shape index (κ1) is 14.2. The normalized spacial score (nSPS) is 12.0. The Morgan fingerprint density at radius 2 is 1.76 bits per heavy atom. The summed E-state index contributed by atoms with van der Waals surface area (Å²) in [6, 6.07) is 4.36. The summed E-state index contributed by atoms with van der Waals surface area (Å²) in [5.74, 6) is -0.544. The lowest BCUT2D eigenvalue weighted by Gasteiger charge is -2.06. The van der Waals surface area contributed by atoms with Crippen LogP contribution in [0.2, 0.25) is 10.4 Å². The zero-order chi connectivity index (χ0) is 15.2. The molecular weight excluding hydrogens is 342 g/mol. The van der Waals surface area contributed by atoms with E-state index in [1.807, 2.05) is 0 Å². The second-order valence-electron chi connectivity index (χ2n) is 3.96. The minimum Gasteiger partial charge on any atom is -0.231 e. The van der Waals surface area contributed by atoms with Crippen molar-refractivity contribution in [3.8, 4) is 0 Å². The maximum absolute atomic E-state index is 12.9. The Bertz CT molecular complexity index is 941. The molecule has 0 atom stereocenters. The van der Waals surface area contributed by atoms with Gasteiger partial charge in [0.1, 0.15) is 17.7 Å². The van der Waals surface area contributed by atoms with E-state index in [0.717, 1.165) is 34.6 Å². The molecule has 21 heavy (non-hydrogen) atoms. The maximum Gasteiger partial charge on any atom is 0.270 e. The molecule has 0 fully saturated rings. The number of hydrogen-bond donors (Lipinski definition) is 0. The van der Waals surface area contributed by atoms with Gasteiger partial charge in [0, 0.05) is 0 Å². The topological polar surface area (TPSA) is 77.7 Å². The Hall–Kier alpha value is -1.77. The highest BCUT2D eigenvalue weighted by molar-refractivity contribution is 7.90. The van der Waals surface area contributed by atoms with Gasteiger partial charge in [0.05, 0.1) is 4.90 Å². The lowest BCUT2D eigenvalue weighted by molar-refractivity contribution is 0.587. The van der Waals surface area contributed by atoms with Crippen molar-refractivity contribution in [2.24, 2.45) is 0 Å². The van der Waals surface area contributed by atoms with Gasteiger partial charge in [-0.1, -0.05) is 11.6 Å². The van der Waals surface area contributed by atoms with Gasteiger partial charge in [0.2, 0.25) is 5.28 Å². The van der Waals surface area contributed by atoms with E-state index in [2.05, 4.69) is 15.0 Å². The Morgan fingerprint density at radius 3 is 2.43 bits per heavy atom. The summed E-state index contributed by atoms with van der Waals surface area (Å²) in [6.45, 7) is 0. The Balaban J connectivity index is 2.27. The van der Waals surface area contributed by atoms with Crippen molar-refractivity contribution in [3.05, 3.63) is 46.8 Å². The lowest BCUT2D eigenvalue weighted by Crippen LogP contribution is -2.12. The van der Waals surface area contributed by atoms with Gasteiger partial charge >= 0.3 is 0 Å². The summed E-state index contributed by atoms with van der Waals surface area (Å²) in [4.78, 5) is 11.3. The van der Waals surface area contributed by atoms with Gasteiger partial charge in [-0.05, 0) is 35.9 Å². The van der Waals surface area contributed by atoms with E-state index in [-0.39, 0.29) is 26.5 Å². The van der Waals surface area contributed by atoms with Crippen LogP contribution in [0.1, 0.15) is 0 Å². The van der Waals surface area contributed by atoms with Crippen molar-refractivity contribution in [1.82, 2.24) is 18.9 Å². The van der Waals surface area contributed by atoms with Crippen LogP contribution in [0.25, 0.3) is 11.2 Å². The smallest absolute Gasteiger partial charge is 0.231 e. The summed E-state index contributed by atoms with van der Waals surface area (Å²) in [5.41, 5.74) is 0.0519. The van der Waals surface area contributed by atoms with Crippen molar-refractivity contribution >= 4 is 44.4 Å². The highest BCUT2D eigenvalue weighted by Crippen LogP contribution is 2.24. The standard InChI is InChI=1S/C11H5Cl2FN4O2S/c12-9-8-10(17-11(13)16-9)18(5-15-8)21(19,20)7-3-1-6(14)2-4-7/h1-5H. The number of aromatic nitrogens is 4. The first-order valence-electron chi connectivity index (χ1n) is 5.47. The van der Waals surface area contributed by atoms with Crippen molar-refractivity contribution in [2.45, 2.75) is 4.90 Å². The van der Waals surface area contributed by atoms with E-state index >= 15 is 0 Å². The largest absolute Gasteiger partial charge is 0.270 e. The molecule has 0 saturated carbocycles. The summed E-state index contributed by atoms with van der Waals surface area (Å²) in [6.07, 6.45) is 1.04. The predicted molar refractivity (Wildman–Crippen MR) is 74.3 cm³/mol. The van der Waals surface area contributed by atoms with Gasteiger partial charge in [-0.25, -0.2) is 26.7 Å². The SMILES string of the molecule is O=S(=O)(c1ccc(F)cc1)n1cnc2c(Cl)nc(Cl)nc21. The van der Waals surface area contributed by atoms with E-state index < -0.39 is 15.8 Å². The van der Waals surface area contributed by atoms with Crippen molar-refractivity contribution in [2.75, 3.05) is 0 Å². The second-order valence-corrected chi connectivity index (χ2v) is 6.47. The van der Waals surface area contributed by atoms with Crippen molar-refractivity contribution in [3.63, 3.8) is 0 Å². The minimum absolute atomic E-state index is 0.0516. The first-order valence-corrected chi connectivity index (χ1v) is 7.66. The van der Waals surface area contributed by atoms with E-state index in [1.54, 1.807) is 0 Å². The third kappa shape index (κ3) is 2.35. The monoisotopic (exact) mass is 346 g/mol. The molecule has 1 aromatic carbocycles. The van der Waals surface area contributed by atoms with E-state index in [4.69, 9.17) is 23.2 Å². The summed E-state index contributed by atoms with van der Waals surface area (Å²) >= 11 is 11.5. The van der Waals surface area contributed by atoms with Gasteiger partial charge < -0.3 is 0 Å². The zero-order valence-corrected chi connectivity index (χ0v) is 12.4. The molecule has 0 saturated heterocycles. The molecule has 2 aromatic heterocycles. The quantitative estimate of drug-likeness (QED) is 0.526. The number of halogens is 3. The van der Waals surface area contributed by atoms with Crippen LogP contribution in [0, 0.1) is 5.82 Å². The number of fused-ring (bicyclic) bond motifs is 1. The van der Waals surface area contributed by atoms with Gasteiger partial charge in [-0.3, -0.25) is 0 Å². The van der Waals surface area contributed by atoms with Crippen LogP contribution < -0.4 is 0 Å². The molecule has 0 aliphatic rings. The van der Waals surface area contributed by atoms with Crippen molar-refractivity contribution < 1.29 is 12.8 Å². The molecule has 6 nitrogen and oxygen atoms in total. The number of benzene rings is 1. The highest BCUT2D eigenvalue weighted by atomic mass is 35.5. The second kappa shape index (κ2) is 4.90. The molecule has 10 heteroatoms. The predicted octanol–water partition coefficient (Wildman–Crippen LogP) is 2.51.